The first kappa shape index (κ1) is 27.2. The van der Waals surface area contributed by atoms with Crippen LogP contribution in [-0.2, 0) is 25.8 Å². The number of carbonyl (C=O) groups is 3. The third kappa shape index (κ3) is 4.24. The van der Waals surface area contributed by atoms with Gasteiger partial charge in [-0.3, -0.25) is 14.4 Å². The minimum absolute atomic E-state index is 0.0400. The number of nitrogens with zero attached hydrogens (tertiary/aromatic N) is 4. The predicted molar refractivity (Wildman–Crippen MR) is 148 cm³/mol. The second-order valence-electron chi connectivity index (χ2n) is 10.8. The Balaban J connectivity index is 1.28. The highest BCUT2D eigenvalue weighted by Crippen LogP contribution is 2.64. The number of aliphatic hydroxyl groups excluding tert-OH is 1. The van der Waals surface area contributed by atoms with Crippen molar-refractivity contribution in [2.45, 2.75) is 57.0 Å². The molecule has 0 radical (unpaired) electrons. The Hall–Kier alpha value is -4.03. The molecule has 4 heterocycles. The lowest BCUT2D eigenvalue weighted by Gasteiger charge is -2.33. The lowest BCUT2D eigenvalue weighted by Crippen LogP contribution is -2.55. The Kier molecular flexibility index (Phi) is 6.90. The van der Waals surface area contributed by atoms with Gasteiger partial charge < -0.3 is 30.1 Å². The minimum Gasteiger partial charge on any atom is -0.494 e. The molecule has 41 heavy (non-hydrogen) atoms. The van der Waals surface area contributed by atoms with Gasteiger partial charge in [0, 0.05) is 12.2 Å². The number of para-hydroxylation sites is 1. The molecule has 1 aromatic heterocycles. The summed E-state index contributed by atoms with van der Waals surface area (Å²) in [6.45, 7) is 4.04. The standard InChI is InChI=1S/C29H34N6O6/c1-3-28-13-14-29(41-28)23(22(28)25(37)31-18-9-11-19(12-10-18)40-4-2)27(39)34(15-16-36)24(29)26(38)30-17-35-21-8-6-5-7-20(21)32-33-35/h5-12,22-24,36H,3-4,13-17H2,1-2H3,(H,30,38)(H,31,37)/t22-,23-,24?,28+,29?/m0/s1. The lowest BCUT2D eigenvalue weighted by molar-refractivity contribution is -0.147. The predicted octanol–water partition coefficient (Wildman–Crippen LogP) is 1.69. The van der Waals surface area contributed by atoms with Crippen LogP contribution in [0.5, 0.6) is 5.75 Å². The third-order valence-electron chi connectivity index (χ3n) is 8.81. The largest absolute Gasteiger partial charge is 0.494 e. The van der Waals surface area contributed by atoms with Gasteiger partial charge in [0.25, 0.3) is 0 Å². The van der Waals surface area contributed by atoms with Crippen molar-refractivity contribution < 1.29 is 29.0 Å². The second-order valence-corrected chi connectivity index (χ2v) is 10.8. The van der Waals surface area contributed by atoms with E-state index in [9.17, 15) is 19.5 Å². The van der Waals surface area contributed by atoms with E-state index in [-0.39, 0.29) is 31.6 Å². The smallest absolute Gasteiger partial charge is 0.247 e. The Morgan fingerprint density at radius 1 is 1.12 bits per heavy atom. The Morgan fingerprint density at radius 3 is 2.63 bits per heavy atom. The van der Waals surface area contributed by atoms with E-state index in [4.69, 9.17) is 9.47 Å². The fourth-order valence-corrected chi connectivity index (χ4v) is 7.07. The molecule has 3 N–H and O–H groups in total. The summed E-state index contributed by atoms with van der Waals surface area (Å²) in [4.78, 5) is 43.0. The number of β-amino-alcohol motifs (C(OH)–C–C–N with tert-alkyl or cyclic N) is 1. The summed E-state index contributed by atoms with van der Waals surface area (Å²) in [6, 6.07) is 13.5. The summed E-state index contributed by atoms with van der Waals surface area (Å²) in [5, 5.41) is 23.9. The average Bonchev–Trinajstić information content (AvgIpc) is 3.70. The zero-order valence-corrected chi connectivity index (χ0v) is 23.1. The fraction of sp³-hybridized carbons (Fsp3) is 0.483. The zero-order valence-electron chi connectivity index (χ0n) is 23.1. The molecule has 216 valence electrons. The molecule has 3 saturated heterocycles. The Morgan fingerprint density at radius 2 is 1.90 bits per heavy atom. The van der Waals surface area contributed by atoms with Gasteiger partial charge in [0.15, 0.2) is 0 Å². The SMILES string of the molecule is CCOc1ccc(NC(=O)[C@@H]2[C@H]3C(=O)N(CCO)C(C(=O)NCn4nnc5ccccc54)C34CC[C@@]2(CC)O4)cc1. The molecule has 3 aliphatic heterocycles. The highest BCUT2D eigenvalue weighted by atomic mass is 16.5. The number of ether oxygens (including phenoxy) is 2. The van der Waals surface area contributed by atoms with Crippen LogP contribution in [0.4, 0.5) is 5.69 Å². The van der Waals surface area contributed by atoms with Crippen molar-refractivity contribution in [1.29, 1.82) is 0 Å². The maximum Gasteiger partial charge on any atom is 0.247 e. The number of hydrogen-bond donors (Lipinski definition) is 3. The molecular formula is C29H34N6O6. The summed E-state index contributed by atoms with van der Waals surface area (Å²) in [5.41, 5.74) is -0.0253. The van der Waals surface area contributed by atoms with Crippen molar-refractivity contribution >= 4 is 34.4 Å². The number of benzene rings is 2. The molecule has 6 rings (SSSR count). The Labute approximate surface area is 237 Å². The lowest BCUT2D eigenvalue weighted by atomic mass is 9.65. The zero-order chi connectivity index (χ0) is 28.8. The van der Waals surface area contributed by atoms with Crippen LogP contribution in [0.3, 0.4) is 0 Å². The van der Waals surface area contributed by atoms with Crippen LogP contribution < -0.4 is 15.4 Å². The molecule has 12 nitrogen and oxygen atoms in total. The van der Waals surface area contributed by atoms with Gasteiger partial charge in [0.2, 0.25) is 17.7 Å². The van der Waals surface area contributed by atoms with E-state index in [1.165, 1.54) is 4.90 Å². The number of likely N-dealkylation sites (tertiary alicyclic amines) is 1. The van der Waals surface area contributed by atoms with Gasteiger partial charge in [-0.05, 0) is 62.6 Å². The van der Waals surface area contributed by atoms with Crippen LogP contribution >= 0.6 is 0 Å². The quantitative estimate of drug-likeness (QED) is 0.338. The third-order valence-corrected chi connectivity index (χ3v) is 8.81. The first-order valence-corrected chi connectivity index (χ1v) is 14.1. The molecule has 2 unspecified atom stereocenters. The van der Waals surface area contributed by atoms with Crippen molar-refractivity contribution in [1.82, 2.24) is 25.2 Å². The van der Waals surface area contributed by atoms with Crippen LogP contribution in [0, 0.1) is 11.8 Å². The number of nitrogens with one attached hydrogen (secondary N) is 2. The number of aliphatic hydroxyl groups is 1. The van der Waals surface area contributed by atoms with Crippen molar-refractivity contribution in [3.63, 3.8) is 0 Å². The van der Waals surface area contributed by atoms with E-state index >= 15 is 0 Å². The first-order valence-electron chi connectivity index (χ1n) is 14.1. The normalized spacial score (nSPS) is 28.2. The fourth-order valence-electron chi connectivity index (χ4n) is 7.07. The number of carbonyl (C=O) groups excluding carboxylic acids is 3. The molecule has 0 aliphatic carbocycles. The molecule has 3 aliphatic rings. The van der Waals surface area contributed by atoms with E-state index in [1.807, 2.05) is 38.1 Å². The molecule has 1 spiro atoms. The van der Waals surface area contributed by atoms with Crippen LogP contribution in [-0.4, -0.2) is 79.7 Å². The summed E-state index contributed by atoms with van der Waals surface area (Å²) < 4.78 is 13.8. The Bertz CT molecular complexity index is 1480. The molecule has 12 heteroatoms. The molecule has 0 saturated carbocycles. The molecule has 2 bridgehead atoms. The number of rotatable bonds is 10. The summed E-state index contributed by atoms with van der Waals surface area (Å²) in [7, 11) is 0. The summed E-state index contributed by atoms with van der Waals surface area (Å²) >= 11 is 0. The van der Waals surface area contributed by atoms with E-state index in [2.05, 4.69) is 20.9 Å². The van der Waals surface area contributed by atoms with Gasteiger partial charge in [-0.15, -0.1) is 5.10 Å². The van der Waals surface area contributed by atoms with E-state index in [0.717, 1.165) is 5.52 Å². The van der Waals surface area contributed by atoms with Crippen LogP contribution in [0.2, 0.25) is 0 Å². The molecule has 5 atom stereocenters. The summed E-state index contributed by atoms with van der Waals surface area (Å²) in [6.07, 6.45) is 1.51. The van der Waals surface area contributed by atoms with Crippen LogP contribution in [0.15, 0.2) is 48.5 Å². The molecule has 2 aromatic carbocycles. The van der Waals surface area contributed by atoms with Gasteiger partial charge >= 0.3 is 0 Å². The van der Waals surface area contributed by atoms with Crippen molar-refractivity contribution in [2.24, 2.45) is 11.8 Å². The second kappa shape index (κ2) is 10.4. The number of anilines is 1. The molecular weight excluding hydrogens is 528 g/mol. The topological polar surface area (TPSA) is 148 Å². The molecule has 3 aromatic rings. The monoisotopic (exact) mass is 562 g/mol. The number of hydrogen-bond acceptors (Lipinski definition) is 8. The van der Waals surface area contributed by atoms with E-state index < -0.39 is 35.0 Å². The van der Waals surface area contributed by atoms with Crippen molar-refractivity contribution in [3.8, 4) is 5.75 Å². The van der Waals surface area contributed by atoms with Crippen molar-refractivity contribution in [3.05, 3.63) is 48.5 Å². The number of amides is 3. The summed E-state index contributed by atoms with van der Waals surface area (Å²) in [5.74, 6) is -2.06. The van der Waals surface area contributed by atoms with Gasteiger partial charge in [-0.1, -0.05) is 24.3 Å². The molecule has 3 fully saturated rings. The highest BCUT2D eigenvalue weighted by molar-refractivity contribution is 6.02. The maximum absolute atomic E-state index is 14.0. The van der Waals surface area contributed by atoms with Gasteiger partial charge in [-0.2, -0.15) is 0 Å². The van der Waals surface area contributed by atoms with E-state index in [1.54, 1.807) is 28.9 Å². The van der Waals surface area contributed by atoms with Gasteiger partial charge in [-0.25, -0.2) is 4.68 Å². The number of aromatic nitrogens is 3. The van der Waals surface area contributed by atoms with Crippen molar-refractivity contribution in [2.75, 3.05) is 25.1 Å². The van der Waals surface area contributed by atoms with Gasteiger partial charge in [0.05, 0.1) is 36.2 Å². The number of fused-ring (bicyclic) bond motifs is 2. The highest BCUT2D eigenvalue weighted by Gasteiger charge is 2.78. The van der Waals surface area contributed by atoms with Crippen LogP contribution in [0.1, 0.15) is 33.1 Å². The van der Waals surface area contributed by atoms with Crippen LogP contribution in [0.25, 0.3) is 11.0 Å². The van der Waals surface area contributed by atoms with Gasteiger partial charge in [0.1, 0.15) is 29.6 Å². The average molecular weight is 563 g/mol. The maximum atomic E-state index is 14.0. The molecule has 3 amide bonds. The minimum atomic E-state index is -1.18. The van der Waals surface area contributed by atoms with E-state index in [0.29, 0.717) is 42.8 Å². The first-order chi connectivity index (χ1) is 19.9.